The Balaban J connectivity index is 3.92. The van der Waals surface area contributed by atoms with Crippen molar-refractivity contribution < 1.29 is 32.9 Å². The Morgan fingerprint density at radius 3 is 2.31 bits per heavy atom. The lowest BCUT2D eigenvalue weighted by Crippen LogP contribution is -2.43. The van der Waals surface area contributed by atoms with Crippen molar-refractivity contribution >= 4 is 5.97 Å². The molecule has 0 saturated carbocycles. The third-order valence-electron chi connectivity index (χ3n) is 1.92. The maximum atomic E-state index is 12.1. The van der Waals surface area contributed by atoms with E-state index in [4.69, 9.17) is 10.2 Å². The van der Waals surface area contributed by atoms with Crippen LogP contribution in [0.4, 0.5) is 13.2 Å². The average molecular weight is 242 g/mol. The summed E-state index contributed by atoms with van der Waals surface area (Å²) >= 11 is 0. The van der Waals surface area contributed by atoms with Crippen LogP contribution in [0.2, 0.25) is 0 Å². The summed E-state index contributed by atoms with van der Waals surface area (Å²) in [6.07, 6.45) is -5.40. The molecule has 0 aromatic carbocycles. The first-order chi connectivity index (χ1) is 7.08. The second kappa shape index (κ2) is 5.31. The fourth-order valence-electron chi connectivity index (χ4n) is 0.670. The highest BCUT2D eigenvalue weighted by molar-refractivity contribution is 5.85. The molecule has 2 N–H and O–H groups in total. The fraction of sp³-hybridized carbons (Fsp3) is 0.667. The molecule has 94 valence electrons. The van der Waals surface area contributed by atoms with Gasteiger partial charge in [-0.05, 0) is 6.92 Å². The van der Waals surface area contributed by atoms with Crippen LogP contribution in [0.25, 0.3) is 0 Å². The number of carboxylic acid groups (broad SMARTS) is 1. The SMILES string of the molecule is C=C(COCCC(C)(O)C(F)(F)F)C(=O)O. The van der Waals surface area contributed by atoms with E-state index in [0.717, 1.165) is 0 Å². The van der Waals surface area contributed by atoms with Gasteiger partial charge in [0.05, 0.1) is 18.8 Å². The highest BCUT2D eigenvalue weighted by Gasteiger charge is 2.49. The quantitative estimate of drug-likeness (QED) is 0.545. The van der Waals surface area contributed by atoms with Crippen molar-refractivity contribution in [1.82, 2.24) is 0 Å². The van der Waals surface area contributed by atoms with Crippen LogP contribution in [0, 0.1) is 0 Å². The minimum atomic E-state index is -4.74. The summed E-state index contributed by atoms with van der Waals surface area (Å²) in [7, 11) is 0. The standard InChI is InChI=1S/C9H13F3O4/c1-6(7(13)14)5-16-4-3-8(2,15)9(10,11)12/h15H,1,3-5H2,2H3,(H,13,14). The van der Waals surface area contributed by atoms with E-state index >= 15 is 0 Å². The van der Waals surface area contributed by atoms with Gasteiger partial charge in [0.2, 0.25) is 0 Å². The topological polar surface area (TPSA) is 66.8 Å². The summed E-state index contributed by atoms with van der Waals surface area (Å²) in [5, 5.41) is 17.3. The lowest BCUT2D eigenvalue weighted by Gasteiger charge is -2.25. The van der Waals surface area contributed by atoms with Gasteiger partial charge in [-0.3, -0.25) is 0 Å². The molecule has 0 aliphatic rings. The zero-order valence-corrected chi connectivity index (χ0v) is 8.67. The van der Waals surface area contributed by atoms with Crippen molar-refractivity contribution in [1.29, 1.82) is 0 Å². The molecule has 0 fully saturated rings. The summed E-state index contributed by atoms with van der Waals surface area (Å²) in [5.41, 5.74) is -3.09. The average Bonchev–Trinajstić information content (AvgIpc) is 2.09. The van der Waals surface area contributed by atoms with Crippen LogP contribution in [0.5, 0.6) is 0 Å². The first kappa shape index (κ1) is 14.9. The van der Waals surface area contributed by atoms with E-state index in [1.54, 1.807) is 0 Å². The number of carbonyl (C=O) groups is 1. The van der Waals surface area contributed by atoms with E-state index in [-0.39, 0.29) is 12.2 Å². The second-order valence-corrected chi connectivity index (χ2v) is 3.48. The van der Waals surface area contributed by atoms with Crippen LogP contribution in [0.3, 0.4) is 0 Å². The van der Waals surface area contributed by atoms with Gasteiger partial charge >= 0.3 is 12.1 Å². The molecule has 0 saturated heterocycles. The van der Waals surface area contributed by atoms with Crippen molar-refractivity contribution in [3.63, 3.8) is 0 Å². The van der Waals surface area contributed by atoms with Gasteiger partial charge in [0.25, 0.3) is 0 Å². The molecule has 16 heavy (non-hydrogen) atoms. The molecule has 1 unspecified atom stereocenters. The van der Waals surface area contributed by atoms with E-state index in [1.165, 1.54) is 0 Å². The molecule has 0 heterocycles. The Hall–Kier alpha value is -1.08. The molecule has 0 aliphatic heterocycles. The van der Waals surface area contributed by atoms with E-state index in [9.17, 15) is 18.0 Å². The largest absolute Gasteiger partial charge is 0.478 e. The Labute approximate surface area is 90.3 Å². The summed E-state index contributed by atoms with van der Waals surface area (Å²) in [5.74, 6) is -1.28. The maximum Gasteiger partial charge on any atom is 0.416 e. The molecule has 0 rings (SSSR count). The molecule has 0 radical (unpaired) electrons. The van der Waals surface area contributed by atoms with Crippen LogP contribution >= 0.6 is 0 Å². The molecule has 0 aliphatic carbocycles. The minimum absolute atomic E-state index is 0.258. The summed E-state index contributed by atoms with van der Waals surface area (Å²) in [6.45, 7) is 2.98. The second-order valence-electron chi connectivity index (χ2n) is 3.48. The van der Waals surface area contributed by atoms with Gasteiger partial charge in [0.15, 0.2) is 5.60 Å². The highest BCUT2D eigenvalue weighted by Crippen LogP contribution is 2.32. The molecule has 1 atom stereocenters. The number of aliphatic hydroxyl groups is 1. The van der Waals surface area contributed by atoms with E-state index in [2.05, 4.69) is 11.3 Å². The molecule has 0 spiro atoms. The third kappa shape index (κ3) is 4.63. The van der Waals surface area contributed by atoms with Crippen molar-refractivity contribution in [2.45, 2.75) is 25.1 Å². The number of alkyl halides is 3. The Bertz CT molecular complexity index is 270. The van der Waals surface area contributed by atoms with Crippen LogP contribution in [-0.2, 0) is 9.53 Å². The van der Waals surface area contributed by atoms with Crippen molar-refractivity contribution in [3.8, 4) is 0 Å². The Morgan fingerprint density at radius 2 is 1.94 bits per heavy atom. The number of ether oxygens (including phenoxy) is 1. The molecule has 0 aromatic heterocycles. The summed E-state index contributed by atoms with van der Waals surface area (Å²) < 4.78 is 41.0. The van der Waals surface area contributed by atoms with Crippen LogP contribution < -0.4 is 0 Å². The van der Waals surface area contributed by atoms with Gasteiger partial charge in [-0.1, -0.05) is 6.58 Å². The number of carboxylic acids is 1. The monoisotopic (exact) mass is 242 g/mol. The van der Waals surface area contributed by atoms with Gasteiger partial charge in [-0.15, -0.1) is 0 Å². The number of rotatable bonds is 6. The van der Waals surface area contributed by atoms with Crippen LogP contribution in [0.1, 0.15) is 13.3 Å². The van der Waals surface area contributed by atoms with Gasteiger partial charge in [-0.2, -0.15) is 13.2 Å². The van der Waals surface area contributed by atoms with Gasteiger partial charge in [-0.25, -0.2) is 4.79 Å². The molecular formula is C9H13F3O4. The third-order valence-corrected chi connectivity index (χ3v) is 1.92. The summed E-state index contributed by atoms with van der Waals surface area (Å²) in [6, 6.07) is 0. The van der Waals surface area contributed by atoms with Crippen molar-refractivity contribution in [2.75, 3.05) is 13.2 Å². The molecule has 7 heteroatoms. The zero-order chi connectivity index (χ0) is 13.0. The van der Waals surface area contributed by atoms with Gasteiger partial charge in [0.1, 0.15) is 0 Å². The molecule has 0 amide bonds. The predicted molar refractivity (Wildman–Crippen MR) is 48.9 cm³/mol. The first-order valence-electron chi connectivity index (χ1n) is 4.36. The lowest BCUT2D eigenvalue weighted by atomic mass is 10.0. The smallest absolute Gasteiger partial charge is 0.416 e. The maximum absolute atomic E-state index is 12.1. The normalized spacial score (nSPS) is 15.6. The molecular weight excluding hydrogens is 229 g/mol. The van der Waals surface area contributed by atoms with E-state index in [1.807, 2.05) is 0 Å². The van der Waals surface area contributed by atoms with Crippen molar-refractivity contribution in [2.24, 2.45) is 0 Å². The number of hydrogen-bond donors (Lipinski definition) is 2. The lowest BCUT2D eigenvalue weighted by molar-refractivity contribution is -0.257. The van der Waals surface area contributed by atoms with Crippen LogP contribution in [-0.4, -0.2) is 41.2 Å². The first-order valence-corrected chi connectivity index (χ1v) is 4.36. The van der Waals surface area contributed by atoms with Crippen LogP contribution in [0.15, 0.2) is 12.2 Å². The predicted octanol–water partition coefficient (Wildman–Crippen LogP) is 1.35. The van der Waals surface area contributed by atoms with Crippen molar-refractivity contribution in [3.05, 3.63) is 12.2 Å². The number of halogens is 3. The number of aliphatic carboxylic acids is 1. The van der Waals surface area contributed by atoms with Gasteiger partial charge in [0, 0.05) is 6.42 Å². The van der Waals surface area contributed by atoms with E-state index < -0.39 is 30.8 Å². The zero-order valence-electron chi connectivity index (χ0n) is 8.67. The number of hydrogen-bond acceptors (Lipinski definition) is 3. The van der Waals surface area contributed by atoms with E-state index in [0.29, 0.717) is 6.92 Å². The van der Waals surface area contributed by atoms with Gasteiger partial charge < -0.3 is 14.9 Å². The fourth-order valence-corrected chi connectivity index (χ4v) is 0.670. The Kier molecular flexibility index (Phi) is 4.95. The summed E-state index contributed by atoms with van der Waals surface area (Å²) in [4.78, 5) is 10.2. The molecule has 0 aromatic rings. The minimum Gasteiger partial charge on any atom is -0.478 e. The highest BCUT2D eigenvalue weighted by atomic mass is 19.4. The molecule has 0 bridgehead atoms. The Morgan fingerprint density at radius 1 is 1.44 bits per heavy atom. The molecule has 4 nitrogen and oxygen atoms in total.